The first kappa shape index (κ1) is 16.5. The van der Waals surface area contributed by atoms with Crippen LogP contribution in [0.15, 0.2) is 17.5 Å². The Bertz CT molecular complexity index is 434. The quantitative estimate of drug-likeness (QED) is 0.717. The summed E-state index contributed by atoms with van der Waals surface area (Å²) < 4.78 is 4.75. The monoisotopic (exact) mass is 300 g/mol. The van der Waals surface area contributed by atoms with Crippen LogP contribution in [0.1, 0.15) is 24.8 Å². The molecular formula is C13H20N2O4S. The van der Waals surface area contributed by atoms with Crippen LogP contribution >= 0.6 is 11.3 Å². The molecule has 3 N–H and O–H groups in total. The Morgan fingerprint density at radius 3 is 2.60 bits per heavy atom. The molecule has 2 atom stereocenters. The number of carbonyl (C=O) groups is 2. The lowest BCUT2D eigenvalue weighted by molar-refractivity contribution is -0.147. The number of carbonyl (C=O) groups excluding carboxylic acids is 1. The van der Waals surface area contributed by atoms with Crippen LogP contribution in [0.25, 0.3) is 0 Å². The summed E-state index contributed by atoms with van der Waals surface area (Å²) in [5, 5.41) is 16.1. The van der Waals surface area contributed by atoms with E-state index in [1.165, 1.54) is 7.11 Å². The van der Waals surface area contributed by atoms with E-state index < -0.39 is 18.1 Å². The van der Waals surface area contributed by atoms with Crippen molar-refractivity contribution in [2.24, 2.45) is 5.92 Å². The molecule has 7 heteroatoms. The molecule has 2 amide bonds. The van der Waals surface area contributed by atoms with Gasteiger partial charge in [0.1, 0.15) is 0 Å². The summed E-state index contributed by atoms with van der Waals surface area (Å²) >= 11 is 1.57. The van der Waals surface area contributed by atoms with Crippen LogP contribution in [-0.4, -0.2) is 36.9 Å². The fraction of sp³-hybridized carbons (Fsp3) is 0.538. The van der Waals surface area contributed by atoms with E-state index in [2.05, 4.69) is 10.6 Å². The van der Waals surface area contributed by atoms with E-state index in [4.69, 9.17) is 9.84 Å². The number of nitrogens with one attached hydrogen (secondary N) is 2. The average Bonchev–Trinajstić information content (AvgIpc) is 2.89. The number of carboxylic acids is 1. The van der Waals surface area contributed by atoms with Gasteiger partial charge in [-0.3, -0.25) is 0 Å². The molecule has 0 bridgehead atoms. The van der Waals surface area contributed by atoms with Crippen LogP contribution in [0.2, 0.25) is 0 Å². The van der Waals surface area contributed by atoms with Crippen LogP contribution in [0, 0.1) is 5.92 Å². The normalized spacial score (nSPS) is 13.8. The van der Waals surface area contributed by atoms with Gasteiger partial charge in [0, 0.05) is 12.0 Å². The van der Waals surface area contributed by atoms with Crippen LogP contribution in [0.4, 0.5) is 4.79 Å². The van der Waals surface area contributed by atoms with E-state index in [1.807, 2.05) is 31.4 Å². The summed E-state index contributed by atoms with van der Waals surface area (Å²) in [7, 11) is 1.29. The van der Waals surface area contributed by atoms with Crippen LogP contribution in [-0.2, 0) is 9.53 Å². The molecule has 112 valence electrons. The first-order valence-corrected chi connectivity index (χ1v) is 7.17. The Kier molecular flexibility index (Phi) is 6.47. The smallest absolute Gasteiger partial charge is 0.334 e. The van der Waals surface area contributed by atoms with Crippen molar-refractivity contribution in [1.29, 1.82) is 0 Å². The van der Waals surface area contributed by atoms with E-state index in [0.717, 1.165) is 4.88 Å². The molecule has 0 aliphatic heterocycles. The first-order chi connectivity index (χ1) is 9.45. The van der Waals surface area contributed by atoms with Gasteiger partial charge in [0.2, 0.25) is 0 Å². The molecule has 0 aliphatic rings. The molecular weight excluding hydrogens is 280 g/mol. The van der Waals surface area contributed by atoms with E-state index in [0.29, 0.717) is 0 Å². The number of hydrogen-bond acceptors (Lipinski definition) is 4. The van der Waals surface area contributed by atoms with Crippen molar-refractivity contribution in [3.05, 3.63) is 22.4 Å². The first-order valence-electron chi connectivity index (χ1n) is 6.29. The molecule has 1 aromatic heterocycles. The Hall–Kier alpha value is -1.60. The summed E-state index contributed by atoms with van der Waals surface area (Å²) in [4.78, 5) is 23.7. The molecule has 1 rings (SSSR count). The predicted molar refractivity (Wildman–Crippen MR) is 76.9 cm³/mol. The predicted octanol–water partition coefficient (Wildman–Crippen LogP) is 1.84. The van der Waals surface area contributed by atoms with Gasteiger partial charge in [0.15, 0.2) is 6.10 Å². The Balaban J connectivity index is 2.53. The second kappa shape index (κ2) is 7.86. The number of rotatable bonds is 7. The van der Waals surface area contributed by atoms with Crippen LogP contribution in [0.3, 0.4) is 0 Å². The lowest BCUT2D eigenvalue weighted by atomic mass is 10.0. The highest BCUT2D eigenvalue weighted by atomic mass is 32.1. The number of urea groups is 1. The molecule has 0 radical (unpaired) electrons. The molecule has 0 saturated heterocycles. The minimum absolute atomic E-state index is 0.0765. The highest BCUT2D eigenvalue weighted by Crippen LogP contribution is 2.25. The van der Waals surface area contributed by atoms with Crippen LogP contribution in [0.5, 0.6) is 0 Å². The maximum absolute atomic E-state index is 11.8. The zero-order valence-electron chi connectivity index (χ0n) is 11.8. The number of hydrogen-bond donors (Lipinski definition) is 3. The van der Waals surface area contributed by atoms with Gasteiger partial charge >= 0.3 is 12.0 Å². The Labute approximate surface area is 122 Å². The molecule has 0 aliphatic carbocycles. The molecule has 0 spiro atoms. The van der Waals surface area contributed by atoms with Crippen LogP contribution < -0.4 is 10.6 Å². The lowest BCUT2D eigenvalue weighted by Crippen LogP contribution is -2.44. The molecule has 0 saturated carbocycles. The second-order valence-electron chi connectivity index (χ2n) is 4.65. The fourth-order valence-corrected chi connectivity index (χ4v) is 2.63. The van der Waals surface area contributed by atoms with E-state index >= 15 is 0 Å². The van der Waals surface area contributed by atoms with Crippen molar-refractivity contribution < 1.29 is 19.4 Å². The topological polar surface area (TPSA) is 87.7 Å². The number of thiophene rings is 1. The van der Waals surface area contributed by atoms with Crippen molar-refractivity contribution >= 4 is 23.3 Å². The van der Waals surface area contributed by atoms with Gasteiger partial charge in [-0.25, -0.2) is 9.59 Å². The lowest BCUT2D eigenvalue weighted by Gasteiger charge is -2.22. The van der Waals surface area contributed by atoms with E-state index in [9.17, 15) is 9.59 Å². The van der Waals surface area contributed by atoms with E-state index in [1.54, 1.807) is 11.3 Å². The number of carboxylic acid groups (broad SMARTS) is 1. The number of methoxy groups -OCH3 is 1. The molecule has 2 unspecified atom stereocenters. The van der Waals surface area contributed by atoms with Gasteiger partial charge in [-0.2, -0.15) is 0 Å². The van der Waals surface area contributed by atoms with E-state index in [-0.39, 0.29) is 18.5 Å². The van der Waals surface area contributed by atoms with Gasteiger partial charge < -0.3 is 20.5 Å². The SMILES string of the molecule is COC(CNC(=O)NC(c1cccs1)C(C)C)C(=O)O. The fourth-order valence-electron chi connectivity index (χ4n) is 1.68. The zero-order valence-corrected chi connectivity index (χ0v) is 12.6. The van der Waals surface area contributed by atoms with Gasteiger partial charge in [0.05, 0.1) is 12.6 Å². The second-order valence-corrected chi connectivity index (χ2v) is 5.63. The van der Waals surface area contributed by atoms with Gasteiger partial charge in [-0.1, -0.05) is 19.9 Å². The van der Waals surface area contributed by atoms with Crippen molar-refractivity contribution in [3.63, 3.8) is 0 Å². The van der Waals surface area contributed by atoms with Crippen molar-refractivity contribution in [1.82, 2.24) is 10.6 Å². The summed E-state index contributed by atoms with van der Waals surface area (Å²) in [5.74, 6) is -0.872. The highest BCUT2D eigenvalue weighted by Gasteiger charge is 2.21. The van der Waals surface area contributed by atoms with Gasteiger partial charge in [-0.05, 0) is 17.4 Å². The third kappa shape index (κ3) is 4.82. The number of aliphatic carboxylic acids is 1. The largest absolute Gasteiger partial charge is 0.479 e. The maximum atomic E-state index is 11.8. The van der Waals surface area contributed by atoms with Crippen molar-refractivity contribution in [2.75, 3.05) is 13.7 Å². The molecule has 20 heavy (non-hydrogen) atoms. The third-order valence-electron chi connectivity index (χ3n) is 2.81. The summed E-state index contributed by atoms with van der Waals surface area (Å²) in [5.41, 5.74) is 0. The van der Waals surface area contributed by atoms with Gasteiger partial charge in [0.25, 0.3) is 0 Å². The van der Waals surface area contributed by atoms with Crippen molar-refractivity contribution in [2.45, 2.75) is 26.0 Å². The van der Waals surface area contributed by atoms with Gasteiger partial charge in [-0.15, -0.1) is 11.3 Å². The third-order valence-corrected chi connectivity index (χ3v) is 3.77. The highest BCUT2D eigenvalue weighted by molar-refractivity contribution is 7.10. The Morgan fingerprint density at radius 2 is 2.15 bits per heavy atom. The molecule has 1 heterocycles. The zero-order chi connectivity index (χ0) is 15.1. The number of amides is 2. The minimum Gasteiger partial charge on any atom is -0.479 e. The average molecular weight is 300 g/mol. The summed E-state index contributed by atoms with van der Waals surface area (Å²) in [6.45, 7) is 3.95. The standard InChI is InChI=1S/C13H20N2O4S/c1-8(2)11(10-5-4-6-20-10)15-13(18)14-7-9(19-3)12(16)17/h4-6,8-9,11H,7H2,1-3H3,(H,16,17)(H2,14,15,18). The summed E-state index contributed by atoms with van der Waals surface area (Å²) in [6, 6.07) is 3.40. The molecule has 0 fully saturated rings. The summed E-state index contributed by atoms with van der Waals surface area (Å²) in [6.07, 6.45) is -1.04. The van der Waals surface area contributed by atoms with Crippen molar-refractivity contribution in [3.8, 4) is 0 Å². The maximum Gasteiger partial charge on any atom is 0.334 e. The molecule has 6 nitrogen and oxygen atoms in total. The Morgan fingerprint density at radius 1 is 1.45 bits per heavy atom. The minimum atomic E-state index is -1.11. The molecule has 1 aromatic rings. The molecule has 0 aromatic carbocycles. The number of ether oxygens (including phenoxy) is 1.